The topological polar surface area (TPSA) is 69.4 Å². The fourth-order valence-corrected chi connectivity index (χ4v) is 2.42. The second-order valence-corrected chi connectivity index (χ2v) is 5.77. The Hall–Kier alpha value is -2.73. The molecule has 0 aliphatic carbocycles. The zero-order valence-electron chi connectivity index (χ0n) is 11.7. The molecule has 5 nitrogen and oxygen atoms in total. The zero-order valence-corrected chi connectivity index (χ0v) is 13.3. The van der Waals surface area contributed by atoms with Crippen LogP contribution in [0, 0.1) is 10.1 Å². The van der Waals surface area contributed by atoms with E-state index in [0.717, 1.165) is 10.0 Å². The minimum Gasteiger partial charge on any atom is -0.422 e. The van der Waals surface area contributed by atoms with Gasteiger partial charge in [0, 0.05) is 22.2 Å². The van der Waals surface area contributed by atoms with E-state index in [0.29, 0.717) is 16.9 Å². The van der Waals surface area contributed by atoms with Crippen LogP contribution < -0.4 is 0 Å². The molecule has 0 saturated carbocycles. The van der Waals surface area contributed by atoms with Gasteiger partial charge in [-0.2, -0.15) is 0 Å². The molecule has 0 fully saturated rings. The highest BCUT2D eigenvalue weighted by molar-refractivity contribution is 9.10. The predicted molar refractivity (Wildman–Crippen MR) is 89.3 cm³/mol. The average Bonchev–Trinajstić information content (AvgIpc) is 2.89. The van der Waals surface area contributed by atoms with Gasteiger partial charge in [0.05, 0.1) is 10.5 Å². The molecule has 0 aromatic heterocycles. The Morgan fingerprint density at radius 3 is 2.57 bits per heavy atom. The van der Waals surface area contributed by atoms with Crippen LogP contribution in [0.25, 0.3) is 11.8 Å². The zero-order chi connectivity index (χ0) is 16.4. The quantitative estimate of drug-likeness (QED) is 0.348. The van der Waals surface area contributed by atoms with Gasteiger partial charge >= 0.3 is 5.97 Å². The summed E-state index contributed by atoms with van der Waals surface area (Å²) in [5.74, 6) is -0.0198. The Balaban J connectivity index is 1.93. The van der Waals surface area contributed by atoms with Gasteiger partial charge in [-0.25, -0.2) is 4.79 Å². The monoisotopic (exact) mass is 371 g/mol. The number of halogens is 1. The van der Waals surface area contributed by atoms with Crippen LogP contribution in [-0.2, 0) is 9.53 Å². The van der Waals surface area contributed by atoms with Crippen LogP contribution in [0.15, 0.2) is 64.7 Å². The lowest BCUT2D eigenvalue weighted by atomic mass is 10.1. The molecule has 0 unspecified atom stereocenters. The van der Waals surface area contributed by atoms with Gasteiger partial charge in [-0.1, -0.05) is 40.2 Å². The maximum atomic E-state index is 12.0. The largest absolute Gasteiger partial charge is 0.422 e. The van der Waals surface area contributed by atoms with Crippen molar-refractivity contribution < 1.29 is 14.5 Å². The summed E-state index contributed by atoms with van der Waals surface area (Å²) < 4.78 is 6.18. The van der Waals surface area contributed by atoms with Crippen molar-refractivity contribution >= 4 is 39.4 Å². The second-order valence-electron chi connectivity index (χ2n) is 4.86. The van der Waals surface area contributed by atoms with Gasteiger partial charge < -0.3 is 4.74 Å². The maximum Gasteiger partial charge on any atom is 0.343 e. The summed E-state index contributed by atoms with van der Waals surface area (Å²) in [6, 6.07) is 13.4. The molecule has 0 atom stereocenters. The first kappa shape index (κ1) is 15.2. The Morgan fingerprint density at radius 2 is 1.87 bits per heavy atom. The minimum absolute atomic E-state index is 0.0252. The van der Waals surface area contributed by atoms with Crippen molar-refractivity contribution in [2.45, 2.75) is 0 Å². The molecule has 3 rings (SSSR count). The molecule has 0 saturated heterocycles. The lowest BCUT2D eigenvalue weighted by Gasteiger charge is -2.01. The van der Waals surface area contributed by atoms with Crippen molar-refractivity contribution in [3.63, 3.8) is 0 Å². The van der Waals surface area contributed by atoms with Crippen molar-refractivity contribution in [3.05, 3.63) is 85.9 Å². The van der Waals surface area contributed by atoms with E-state index in [-0.39, 0.29) is 5.69 Å². The van der Waals surface area contributed by atoms with Crippen LogP contribution in [0.1, 0.15) is 11.1 Å². The highest BCUT2D eigenvalue weighted by Gasteiger charge is 2.22. The molecule has 0 radical (unpaired) electrons. The smallest absolute Gasteiger partial charge is 0.343 e. The molecule has 2 aromatic rings. The van der Waals surface area contributed by atoms with Gasteiger partial charge in [-0.3, -0.25) is 10.1 Å². The molecule has 2 aromatic carbocycles. The molecule has 1 aliphatic rings. The third-order valence-corrected chi connectivity index (χ3v) is 3.79. The van der Waals surface area contributed by atoms with Crippen LogP contribution in [-0.4, -0.2) is 10.9 Å². The van der Waals surface area contributed by atoms with Crippen molar-refractivity contribution in [3.8, 4) is 0 Å². The number of ether oxygens (including phenoxy) is 1. The van der Waals surface area contributed by atoms with Gasteiger partial charge in [-0.05, 0) is 29.8 Å². The molecule has 1 aliphatic heterocycles. The number of nitrogens with zero attached hydrogens (tertiary/aromatic N) is 1. The number of cyclic esters (lactones) is 1. The lowest BCUT2D eigenvalue weighted by molar-refractivity contribution is -0.384. The first-order valence-corrected chi connectivity index (χ1v) is 7.48. The summed E-state index contributed by atoms with van der Waals surface area (Å²) in [6.07, 6.45) is 3.20. The molecular weight excluding hydrogens is 362 g/mol. The molecule has 1 heterocycles. The minimum atomic E-state index is -0.477. The highest BCUT2D eigenvalue weighted by Crippen LogP contribution is 2.28. The fourth-order valence-electron chi connectivity index (χ4n) is 2.15. The summed E-state index contributed by atoms with van der Waals surface area (Å²) >= 11 is 3.35. The number of carbonyl (C=O) groups excluding carboxylic acids is 1. The van der Waals surface area contributed by atoms with E-state index in [1.807, 2.05) is 24.3 Å². The number of rotatable bonds is 3. The van der Waals surface area contributed by atoms with Crippen molar-refractivity contribution in [1.29, 1.82) is 0 Å². The molecule has 23 heavy (non-hydrogen) atoms. The molecule has 0 amide bonds. The van der Waals surface area contributed by atoms with Crippen molar-refractivity contribution in [1.82, 2.24) is 0 Å². The number of hydrogen-bond donors (Lipinski definition) is 0. The summed E-state index contributed by atoms with van der Waals surface area (Å²) in [5, 5.41) is 10.8. The molecule has 0 N–H and O–H groups in total. The normalized spacial score (nSPS) is 15.4. The molecule has 0 bridgehead atoms. The van der Waals surface area contributed by atoms with Gasteiger partial charge in [0.2, 0.25) is 0 Å². The second kappa shape index (κ2) is 6.18. The Kier molecular flexibility index (Phi) is 4.08. The third-order valence-electron chi connectivity index (χ3n) is 3.26. The molecule has 0 spiro atoms. The molecular formula is C17H10BrNO4. The average molecular weight is 372 g/mol. The summed E-state index contributed by atoms with van der Waals surface area (Å²) in [7, 11) is 0. The number of hydrogen-bond acceptors (Lipinski definition) is 4. The Bertz CT molecular complexity index is 853. The SMILES string of the molecule is O=C1OC(c2ccc(Br)cc2)=C/C1=C\c1cccc([N+](=O)[O-])c1. The van der Waals surface area contributed by atoms with E-state index in [1.54, 1.807) is 24.3 Å². The van der Waals surface area contributed by atoms with Crippen LogP contribution >= 0.6 is 15.9 Å². The van der Waals surface area contributed by atoms with Gasteiger partial charge in [0.25, 0.3) is 5.69 Å². The maximum absolute atomic E-state index is 12.0. The first-order valence-electron chi connectivity index (χ1n) is 6.69. The van der Waals surface area contributed by atoms with E-state index in [4.69, 9.17) is 4.74 Å². The number of nitro groups is 1. The predicted octanol–water partition coefficient (Wildman–Crippen LogP) is 4.34. The van der Waals surface area contributed by atoms with E-state index in [1.165, 1.54) is 12.1 Å². The van der Waals surface area contributed by atoms with Gasteiger partial charge in [-0.15, -0.1) is 0 Å². The van der Waals surface area contributed by atoms with E-state index in [9.17, 15) is 14.9 Å². The van der Waals surface area contributed by atoms with Crippen LogP contribution in [0.3, 0.4) is 0 Å². The Morgan fingerprint density at radius 1 is 1.13 bits per heavy atom. The van der Waals surface area contributed by atoms with E-state index >= 15 is 0 Å². The van der Waals surface area contributed by atoms with Crippen LogP contribution in [0.2, 0.25) is 0 Å². The molecule has 6 heteroatoms. The lowest BCUT2D eigenvalue weighted by Crippen LogP contribution is -1.97. The summed E-state index contributed by atoms with van der Waals surface area (Å²) in [6.45, 7) is 0. The highest BCUT2D eigenvalue weighted by atomic mass is 79.9. The first-order chi connectivity index (χ1) is 11.0. The third kappa shape index (κ3) is 3.37. The molecule has 114 valence electrons. The fraction of sp³-hybridized carbons (Fsp3) is 0. The van der Waals surface area contributed by atoms with E-state index in [2.05, 4.69) is 15.9 Å². The Labute approximate surface area is 140 Å². The number of esters is 1. The van der Waals surface area contributed by atoms with Gasteiger partial charge in [0.1, 0.15) is 5.76 Å². The summed E-state index contributed by atoms with van der Waals surface area (Å²) in [4.78, 5) is 22.3. The van der Waals surface area contributed by atoms with Crippen LogP contribution in [0.4, 0.5) is 5.69 Å². The summed E-state index contributed by atoms with van der Waals surface area (Å²) in [5.41, 5.74) is 1.68. The van der Waals surface area contributed by atoms with Crippen molar-refractivity contribution in [2.75, 3.05) is 0 Å². The van der Waals surface area contributed by atoms with Crippen LogP contribution in [0.5, 0.6) is 0 Å². The number of benzene rings is 2. The number of non-ortho nitro benzene ring substituents is 1. The van der Waals surface area contributed by atoms with Gasteiger partial charge in [0.15, 0.2) is 0 Å². The number of carbonyl (C=O) groups is 1. The van der Waals surface area contributed by atoms with E-state index < -0.39 is 10.9 Å². The number of nitro benzene ring substituents is 1. The van der Waals surface area contributed by atoms with Crippen molar-refractivity contribution in [2.24, 2.45) is 0 Å². The standard InChI is InChI=1S/C17H10BrNO4/c18-14-6-4-12(5-7-14)16-10-13(17(20)23-16)8-11-2-1-3-15(9-11)19(21)22/h1-10H/b13-8+.